The Balaban J connectivity index is 2.43. The van der Waals surface area contributed by atoms with E-state index < -0.39 is 0 Å². The Labute approximate surface area is 95.7 Å². The summed E-state index contributed by atoms with van der Waals surface area (Å²) in [6, 6.07) is 6.59. The molecule has 0 fully saturated rings. The number of nitrogens with one attached hydrogen (secondary N) is 2. The third kappa shape index (κ3) is 4.68. The van der Waals surface area contributed by atoms with Crippen molar-refractivity contribution in [2.45, 2.75) is 32.9 Å². The lowest BCUT2D eigenvalue weighted by Crippen LogP contribution is -2.46. The van der Waals surface area contributed by atoms with Gasteiger partial charge in [-0.3, -0.25) is 0 Å². The minimum absolute atomic E-state index is 0.204. The molecule has 4 heteroatoms. The van der Waals surface area contributed by atoms with Crippen molar-refractivity contribution in [1.82, 2.24) is 10.6 Å². The number of amides is 2. The quantitative estimate of drug-likeness (QED) is 0.716. The van der Waals surface area contributed by atoms with E-state index in [4.69, 9.17) is 0 Å². The summed E-state index contributed by atoms with van der Waals surface area (Å²) >= 11 is 0. The number of phenolic OH excluding ortho intramolecular Hbond substituents is 1. The zero-order valence-corrected chi connectivity index (χ0v) is 9.87. The van der Waals surface area contributed by atoms with E-state index in [0.717, 1.165) is 5.56 Å². The van der Waals surface area contributed by atoms with Crippen LogP contribution < -0.4 is 10.6 Å². The Kier molecular flexibility index (Phi) is 3.77. The predicted octanol–water partition coefficient (Wildman–Crippen LogP) is 1.99. The minimum atomic E-state index is -0.247. The molecule has 0 aromatic heterocycles. The molecule has 0 saturated carbocycles. The number of urea groups is 1. The highest BCUT2D eigenvalue weighted by atomic mass is 16.3. The fourth-order valence-electron chi connectivity index (χ4n) is 1.23. The van der Waals surface area contributed by atoms with Crippen LogP contribution in [0.1, 0.15) is 26.3 Å². The van der Waals surface area contributed by atoms with Crippen LogP contribution in [0.4, 0.5) is 4.79 Å². The molecule has 1 aromatic rings. The van der Waals surface area contributed by atoms with E-state index in [9.17, 15) is 9.90 Å². The summed E-state index contributed by atoms with van der Waals surface area (Å²) in [6.45, 7) is 6.15. The van der Waals surface area contributed by atoms with Gasteiger partial charge in [0.25, 0.3) is 0 Å². The summed E-state index contributed by atoms with van der Waals surface area (Å²) in [5.41, 5.74) is 0.618. The second-order valence-electron chi connectivity index (χ2n) is 4.73. The van der Waals surface area contributed by atoms with Gasteiger partial charge in [-0.15, -0.1) is 0 Å². The highest BCUT2D eigenvalue weighted by Gasteiger charge is 2.12. The first-order valence-electron chi connectivity index (χ1n) is 5.21. The first-order chi connectivity index (χ1) is 7.37. The van der Waals surface area contributed by atoms with Gasteiger partial charge in [0.15, 0.2) is 0 Å². The number of hydrogen-bond donors (Lipinski definition) is 3. The molecule has 0 heterocycles. The van der Waals surface area contributed by atoms with Crippen LogP contribution >= 0.6 is 0 Å². The Morgan fingerprint density at radius 1 is 1.38 bits per heavy atom. The first-order valence-corrected chi connectivity index (χ1v) is 5.21. The van der Waals surface area contributed by atoms with Crippen molar-refractivity contribution in [3.63, 3.8) is 0 Å². The number of benzene rings is 1. The smallest absolute Gasteiger partial charge is 0.315 e. The monoisotopic (exact) mass is 222 g/mol. The van der Waals surface area contributed by atoms with E-state index in [1.54, 1.807) is 18.2 Å². The zero-order chi connectivity index (χ0) is 12.2. The predicted molar refractivity (Wildman–Crippen MR) is 63.2 cm³/mol. The van der Waals surface area contributed by atoms with Gasteiger partial charge in [-0.1, -0.05) is 12.1 Å². The van der Waals surface area contributed by atoms with Crippen molar-refractivity contribution in [2.75, 3.05) is 0 Å². The van der Waals surface area contributed by atoms with Gasteiger partial charge >= 0.3 is 6.03 Å². The lowest BCUT2D eigenvalue weighted by Gasteiger charge is -2.20. The van der Waals surface area contributed by atoms with E-state index in [2.05, 4.69) is 10.6 Å². The van der Waals surface area contributed by atoms with Gasteiger partial charge in [-0.2, -0.15) is 0 Å². The van der Waals surface area contributed by atoms with Gasteiger partial charge in [0.05, 0.1) is 0 Å². The minimum Gasteiger partial charge on any atom is -0.508 e. The molecule has 0 aliphatic heterocycles. The molecule has 0 unspecified atom stereocenters. The third-order valence-electron chi connectivity index (χ3n) is 1.85. The van der Waals surface area contributed by atoms with Crippen molar-refractivity contribution in [1.29, 1.82) is 0 Å². The van der Waals surface area contributed by atoms with E-state index in [1.807, 2.05) is 26.8 Å². The van der Waals surface area contributed by atoms with Crippen molar-refractivity contribution in [3.8, 4) is 5.75 Å². The van der Waals surface area contributed by atoms with Crippen LogP contribution in [0.25, 0.3) is 0 Å². The molecule has 0 atom stereocenters. The van der Waals surface area contributed by atoms with Crippen LogP contribution in [-0.4, -0.2) is 16.7 Å². The van der Waals surface area contributed by atoms with Crippen LogP contribution in [0.5, 0.6) is 5.75 Å². The topological polar surface area (TPSA) is 61.4 Å². The maximum atomic E-state index is 11.4. The molecule has 1 rings (SSSR count). The average Bonchev–Trinajstić information content (AvgIpc) is 2.12. The van der Waals surface area contributed by atoms with Gasteiger partial charge in [0.2, 0.25) is 0 Å². The van der Waals surface area contributed by atoms with E-state index in [-0.39, 0.29) is 17.3 Å². The van der Waals surface area contributed by atoms with Crippen LogP contribution in [0, 0.1) is 0 Å². The number of carbonyl (C=O) groups is 1. The molecule has 16 heavy (non-hydrogen) atoms. The fourth-order valence-corrected chi connectivity index (χ4v) is 1.23. The SMILES string of the molecule is CC(C)(C)NC(=O)NCc1cccc(O)c1. The van der Waals surface area contributed by atoms with Crippen LogP contribution in [0.15, 0.2) is 24.3 Å². The Hall–Kier alpha value is -1.71. The maximum absolute atomic E-state index is 11.4. The molecule has 3 N–H and O–H groups in total. The summed E-state index contributed by atoms with van der Waals surface area (Å²) < 4.78 is 0. The largest absolute Gasteiger partial charge is 0.508 e. The van der Waals surface area contributed by atoms with E-state index in [0.29, 0.717) is 6.54 Å². The molecule has 0 spiro atoms. The lowest BCUT2D eigenvalue weighted by atomic mass is 10.1. The second kappa shape index (κ2) is 4.88. The Morgan fingerprint density at radius 2 is 2.06 bits per heavy atom. The zero-order valence-electron chi connectivity index (χ0n) is 9.87. The van der Waals surface area contributed by atoms with Crippen LogP contribution in [0.2, 0.25) is 0 Å². The maximum Gasteiger partial charge on any atom is 0.315 e. The molecule has 0 saturated heterocycles. The Bertz CT molecular complexity index is 370. The van der Waals surface area contributed by atoms with Gasteiger partial charge in [-0.25, -0.2) is 4.79 Å². The number of aromatic hydroxyl groups is 1. The molecule has 88 valence electrons. The van der Waals surface area contributed by atoms with Gasteiger partial charge in [-0.05, 0) is 38.5 Å². The van der Waals surface area contributed by atoms with Gasteiger partial charge in [0, 0.05) is 12.1 Å². The molecule has 0 bridgehead atoms. The van der Waals surface area contributed by atoms with Crippen LogP contribution in [-0.2, 0) is 6.54 Å². The van der Waals surface area contributed by atoms with E-state index in [1.165, 1.54) is 0 Å². The van der Waals surface area contributed by atoms with Crippen molar-refractivity contribution in [2.24, 2.45) is 0 Å². The molecule has 2 amide bonds. The first kappa shape index (κ1) is 12.4. The summed E-state index contributed by atoms with van der Waals surface area (Å²) in [5.74, 6) is 0.204. The molecule has 0 aliphatic rings. The molecule has 1 aromatic carbocycles. The number of rotatable bonds is 2. The third-order valence-corrected chi connectivity index (χ3v) is 1.85. The standard InChI is InChI=1S/C12H18N2O2/c1-12(2,3)14-11(16)13-8-9-5-4-6-10(15)7-9/h4-7,15H,8H2,1-3H3,(H2,13,14,16). The highest BCUT2D eigenvalue weighted by Crippen LogP contribution is 2.10. The summed E-state index contributed by atoms with van der Waals surface area (Å²) in [6.07, 6.45) is 0. The highest BCUT2D eigenvalue weighted by molar-refractivity contribution is 5.74. The van der Waals surface area contributed by atoms with Crippen molar-refractivity contribution in [3.05, 3.63) is 29.8 Å². The van der Waals surface area contributed by atoms with Crippen molar-refractivity contribution >= 4 is 6.03 Å². The normalized spacial score (nSPS) is 10.9. The van der Waals surface area contributed by atoms with Gasteiger partial charge < -0.3 is 15.7 Å². The molecular weight excluding hydrogens is 204 g/mol. The number of phenols is 1. The molecule has 0 radical (unpaired) electrons. The summed E-state index contributed by atoms with van der Waals surface area (Å²) in [7, 11) is 0. The average molecular weight is 222 g/mol. The Morgan fingerprint density at radius 3 is 2.62 bits per heavy atom. The summed E-state index contributed by atoms with van der Waals surface area (Å²) in [5, 5.41) is 14.7. The van der Waals surface area contributed by atoms with Crippen molar-refractivity contribution < 1.29 is 9.90 Å². The van der Waals surface area contributed by atoms with Crippen LogP contribution in [0.3, 0.4) is 0 Å². The van der Waals surface area contributed by atoms with E-state index >= 15 is 0 Å². The fraction of sp³-hybridized carbons (Fsp3) is 0.417. The second-order valence-corrected chi connectivity index (χ2v) is 4.73. The lowest BCUT2D eigenvalue weighted by molar-refractivity contribution is 0.231. The number of hydrogen-bond acceptors (Lipinski definition) is 2. The molecule has 0 aliphatic carbocycles. The van der Waals surface area contributed by atoms with Gasteiger partial charge in [0.1, 0.15) is 5.75 Å². The number of carbonyl (C=O) groups excluding carboxylic acids is 1. The summed E-state index contributed by atoms with van der Waals surface area (Å²) in [4.78, 5) is 11.4. The molecular formula is C12H18N2O2. The molecule has 4 nitrogen and oxygen atoms in total.